The second-order valence-corrected chi connectivity index (χ2v) is 7.94. The van der Waals surface area contributed by atoms with Crippen LogP contribution in [0.3, 0.4) is 0 Å². The molecule has 1 heterocycles. The number of amides is 2. The van der Waals surface area contributed by atoms with Crippen molar-refractivity contribution in [2.24, 2.45) is 0 Å². The van der Waals surface area contributed by atoms with Crippen LogP contribution in [0.5, 0.6) is 0 Å². The Morgan fingerprint density at radius 2 is 2.12 bits per heavy atom. The Hall–Kier alpha value is -0.950. The Bertz CT molecular complexity index is 627. The van der Waals surface area contributed by atoms with Crippen molar-refractivity contribution in [3.63, 3.8) is 0 Å². The summed E-state index contributed by atoms with van der Waals surface area (Å²) in [6.07, 6.45) is 0. The van der Waals surface area contributed by atoms with Gasteiger partial charge in [-0.25, -0.2) is 0 Å². The van der Waals surface area contributed by atoms with E-state index in [1.165, 1.54) is 16.7 Å². The van der Waals surface area contributed by atoms with Gasteiger partial charge in [-0.05, 0) is 24.6 Å². The highest BCUT2D eigenvalue weighted by atomic mass is 35.5. The van der Waals surface area contributed by atoms with Crippen LogP contribution in [0.1, 0.15) is 17.9 Å². The van der Waals surface area contributed by atoms with Crippen LogP contribution in [0.4, 0.5) is 0 Å². The van der Waals surface area contributed by atoms with Crippen LogP contribution < -0.4 is 10.2 Å². The lowest BCUT2D eigenvalue weighted by atomic mass is 10.1. The second-order valence-electron chi connectivity index (χ2n) is 6.06. The summed E-state index contributed by atoms with van der Waals surface area (Å²) in [4.78, 5) is 27.6. The summed E-state index contributed by atoms with van der Waals surface area (Å²) in [6.45, 7) is 3.17. The van der Waals surface area contributed by atoms with Crippen molar-refractivity contribution in [1.82, 2.24) is 10.2 Å². The van der Waals surface area contributed by atoms with Crippen LogP contribution in [0.25, 0.3) is 0 Å². The highest BCUT2D eigenvalue weighted by molar-refractivity contribution is 8.00. The maximum atomic E-state index is 12.4. The largest absolute Gasteiger partial charge is 0.349 e. The van der Waals surface area contributed by atoms with Crippen molar-refractivity contribution in [2.45, 2.75) is 18.3 Å². The predicted molar refractivity (Wildman–Crippen MR) is 98.7 cm³/mol. The summed E-state index contributed by atoms with van der Waals surface area (Å²) in [5.41, 5.74) is 0.873. The molecule has 2 atom stereocenters. The number of thioether (sulfide) groups is 1. The maximum absolute atomic E-state index is 12.4. The highest BCUT2D eigenvalue weighted by Gasteiger charge is 2.38. The monoisotopic (exact) mass is 390 g/mol. The van der Waals surface area contributed by atoms with E-state index in [9.17, 15) is 9.59 Å². The molecule has 0 aliphatic carbocycles. The number of halogens is 2. The van der Waals surface area contributed by atoms with E-state index in [-0.39, 0.29) is 17.2 Å². The smallest absolute Gasteiger partial charge is 0.242 e. The molecule has 1 aliphatic rings. The molecule has 1 saturated heterocycles. The molecule has 0 aromatic heterocycles. The van der Waals surface area contributed by atoms with Gasteiger partial charge in [0.2, 0.25) is 11.8 Å². The van der Waals surface area contributed by atoms with Crippen molar-refractivity contribution in [1.29, 1.82) is 0 Å². The standard InChI is InChI=1S/C16H21Cl2N3O2S/c1-10(15(23)19-6-7-20(2)3)21-14(22)9-24-16(21)11-4-5-12(17)13(18)8-11/h4-5,8,10,16H,6-7,9H2,1-3H3,(H,19,23)/p+1/t10-,16+/m1/s1. The first-order valence-electron chi connectivity index (χ1n) is 7.75. The molecule has 0 radical (unpaired) electrons. The predicted octanol–water partition coefficient (Wildman–Crippen LogP) is 1.22. The number of quaternary nitrogens is 1. The van der Waals surface area contributed by atoms with E-state index in [0.29, 0.717) is 22.3 Å². The molecule has 2 amide bonds. The number of rotatable bonds is 6. The van der Waals surface area contributed by atoms with Crippen LogP contribution in [-0.2, 0) is 9.59 Å². The van der Waals surface area contributed by atoms with Gasteiger partial charge in [-0.15, -0.1) is 11.8 Å². The van der Waals surface area contributed by atoms with Crippen LogP contribution in [0, 0.1) is 0 Å². The number of benzene rings is 1. The average Bonchev–Trinajstić information content (AvgIpc) is 2.90. The number of carbonyl (C=O) groups is 2. The van der Waals surface area contributed by atoms with E-state index in [4.69, 9.17) is 23.2 Å². The molecule has 2 N–H and O–H groups in total. The van der Waals surface area contributed by atoms with E-state index in [1.807, 2.05) is 20.2 Å². The molecular formula is C16H22Cl2N3O2S+. The van der Waals surface area contributed by atoms with E-state index < -0.39 is 6.04 Å². The molecule has 1 fully saturated rings. The van der Waals surface area contributed by atoms with Crippen LogP contribution in [-0.4, -0.2) is 55.7 Å². The van der Waals surface area contributed by atoms with E-state index in [0.717, 1.165) is 12.1 Å². The Balaban J connectivity index is 2.11. The number of carbonyl (C=O) groups excluding carboxylic acids is 2. The lowest BCUT2D eigenvalue weighted by Gasteiger charge is -2.29. The maximum Gasteiger partial charge on any atom is 0.242 e. The molecule has 0 bridgehead atoms. The van der Waals surface area contributed by atoms with Crippen molar-refractivity contribution in [2.75, 3.05) is 32.9 Å². The molecule has 1 aromatic carbocycles. The lowest BCUT2D eigenvalue weighted by Crippen LogP contribution is -3.06. The van der Waals surface area contributed by atoms with Gasteiger partial charge in [0.15, 0.2) is 0 Å². The fraction of sp³-hybridized carbons (Fsp3) is 0.500. The van der Waals surface area contributed by atoms with E-state index in [1.54, 1.807) is 24.0 Å². The normalized spacial score (nSPS) is 19.0. The molecule has 0 spiro atoms. The summed E-state index contributed by atoms with van der Waals surface area (Å²) in [6, 6.07) is 4.78. The number of hydrogen-bond donors (Lipinski definition) is 2. The third-order valence-electron chi connectivity index (χ3n) is 3.86. The molecule has 0 saturated carbocycles. The van der Waals surface area contributed by atoms with E-state index >= 15 is 0 Å². The third-order valence-corrected chi connectivity index (χ3v) is 5.82. The SMILES string of the molecule is C[C@H](C(=O)NCC[NH+](C)C)N1C(=O)CS[C@H]1c1ccc(Cl)c(Cl)c1. The minimum absolute atomic E-state index is 0.0445. The molecule has 5 nitrogen and oxygen atoms in total. The van der Waals surface area contributed by atoms with Gasteiger partial charge in [-0.2, -0.15) is 0 Å². The molecule has 8 heteroatoms. The molecule has 2 rings (SSSR count). The van der Waals surface area contributed by atoms with Gasteiger partial charge < -0.3 is 15.1 Å². The Morgan fingerprint density at radius 1 is 1.42 bits per heavy atom. The van der Waals surface area contributed by atoms with Gasteiger partial charge in [-0.1, -0.05) is 29.3 Å². The first kappa shape index (κ1) is 19.4. The van der Waals surface area contributed by atoms with Gasteiger partial charge in [0.1, 0.15) is 11.4 Å². The van der Waals surface area contributed by atoms with Gasteiger partial charge in [0, 0.05) is 0 Å². The zero-order valence-electron chi connectivity index (χ0n) is 13.9. The molecule has 1 aliphatic heterocycles. The first-order chi connectivity index (χ1) is 11.3. The Morgan fingerprint density at radius 3 is 2.75 bits per heavy atom. The zero-order chi connectivity index (χ0) is 17.9. The van der Waals surface area contributed by atoms with Crippen molar-refractivity contribution in [3.05, 3.63) is 33.8 Å². The summed E-state index contributed by atoms with van der Waals surface area (Å²) in [5.74, 6) is 0.166. The summed E-state index contributed by atoms with van der Waals surface area (Å²) < 4.78 is 0. The van der Waals surface area contributed by atoms with Crippen molar-refractivity contribution >= 4 is 46.8 Å². The Labute approximate surface area is 156 Å². The molecule has 0 unspecified atom stereocenters. The summed E-state index contributed by atoms with van der Waals surface area (Å²) in [7, 11) is 4.05. The topological polar surface area (TPSA) is 53.9 Å². The van der Waals surface area contributed by atoms with E-state index in [2.05, 4.69) is 5.32 Å². The molecule has 132 valence electrons. The van der Waals surface area contributed by atoms with Crippen LogP contribution in [0.15, 0.2) is 18.2 Å². The van der Waals surface area contributed by atoms with Gasteiger partial charge in [-0.3, -0.25) is 9.59 Å². The molecular weight excluding hydrogens is 369 g/mol. The fourth-order valence-electron chi connectivity index (χ4n) is 2.49. The van der Waals surface area contributed by atoms with Crippen molar-refractivity contribution < 1.29 is 14.5 Å². The molecule has 24 heavy (non-hydrogen) atoms. The van der Waals surface area contributed by atoms with Crippen LogP contribution >= 0.6 is 35.0 Å². The third kappa shape index (κ3) is 4.57. The van der Waals surface area contributed by atoms with Gasteiger partial charge in [0.05, 0.1) is 43.0 Å². The quantitative estimate of drug-likeness (QED) is 0.767. The highest BCUT2D eigenvalue weighted by Crippen LogP contribution is 2.41. The van der Waals surface area contributed by atoms with Gasteiger partial charge in [0.25, 0.3) is 0 Å². The zero-order valence-corrected chi connectivity index (χ0v) is 16.3. The minimum atomic E-state index is -0.538. The number of hydrogen-bond acceptors (Lipinski definition) is 3. The lowest BCUT2D eigenvalue weighted by molar-refractivity contribution is -0.856. The fourth-order valence-corrected chi connectivity index (χ4v) is 4.04. The van der Waals surface area contributed by atoms with Crippen molar-refractivity contribution in [3.8, 4) is 0 Å². The number of likely N-dealkylation sites (N-methyl/N-ethyl adjacent to an activating group) is 1. The van der Waals surface area contributed by atoms with Crippen LogP contribution in [0.2, 0.25) is 10.0 Å². The minimum Gasteiger partial charge on any atom is -0.349 e. The summed E-state index contributed by atoms with van der Waals surface area (Å²) in [5, 5.41) is 3.58. The Kier molecular flexibility index (Phi) is 6.80. The molecule has 1 aromatic rings. The number of nitrogens with one attached hydrogen (secondary N) is 2. The second kappa shape index (κ2) is 8.43. The number of nitrogens with zero attached hydrogens (tertiary/aromatic N) is 1. The first-order valence-corrected chi connectivity index (χ1v) is 9.56. The summed E-state index contributed by atoms with van der Waals surface area (Å²) >= 11 is 13.5. The average molecular weight is 391 g/mol. The van der Waals surface area contributed by atoms with Gasteiger partial charge >= 0.3 is 0 Å².